The first-order valence-corrected chi connectivity index (χ1v) is 8.33. The summed E-state index contributed by atoms with van der Waals surface area (Å²) in [6.07, 6.45) is 1.85. The van der Waals surface area contributed by atoms with Gasteiger partial charge in [-0.05, 0) is 30.7 Å². The van der Waals surface area contributed by atoms with Gasteiger partial charge in [-0.15, -0.1) is 0 Å². The quantitative estimate of drug-likeness (QED) is 0.737. The van der Waals surface area contributed by atoms with Gasteiger partial charge in [-0.25, -0.2) is 0 Å². The van der Waals surface area contributed by atoms with Gasteiger partial charge in [0, 0.05) is 18.8 Å². The first-order valence-electron chi connectivity index (χ1n) is 8.33. The van der Waals surface area contributed by atoms with E-state index in [0.717, 1.165) is 11.3 Å². The number of ether oxygens (including phenoxy) is 2. The number of imidazole rings is 1. The van der Waals surface area contributed by atoms with E-state index in [1.54, 1.807) is 27.3 Å². The van der Waals surface area contributed by atoms with Crippen LogP contribution in [0.1, 0.15) is 15.9 Å². The number of hydrogen-bond acceptors (Lipinski definition) is 4. The van der Waals surface area contributed by atoms with E-state index in [1.807, 2.05) is 44.4 Å². The maximum atomic E-state index is 12.7. The fourth-order valence-electron chi connectivity index (χ4n) is 3.03. The summed E-state index contributed by atoms with van der Waals surface area (Å²) >= 11 is 0. The van der Waals surface area contributed by atoms with Gasteiger partial charge in [0.05, 0.1) is 12.2 Å². The van der Waals surface area contributed by atoms with Crippen molar-refractivity contribution in [1.82, 2.24) is 9.13 Å². The molecule has 1 aliphatic heterocycles. The second kappa shape index (κ2) is 6.22. The molecule has 2 aromatic carbocycles. The third-order valence-electron chi connectivity index (χ3n) is 4.59. The van der Waals surface area contributed by atoms with Gasteiger partial charge >= 0.3 is 0 Å². The van der Waals surface area contributed by atoms with E-state index in [0.29, 0.717) is 17.1 Å². The average Bonchev–Trinajstić information content (AvgIpc) is 3.22. The lowest BCUT2D eigenvalue weighted by molar-refractivity contribution is 0.0969. The van der Waals surface area contributed by atoms with Gasteiger partial charge in [0.25, 0.3) is 0 Å². The van der Waals surface area contributed by atoms with Gasteiger partial charge in [0.15, 0.2) is 17.3 Å². The number of nitrogens with one attached hydrogen (secondary N) is 1. The van der Waals surface area contributed by atoms with Crippen molar-refractivity contribution in [2.75, 3.05) is 6.79 Å². The summed E-state index contributed by atoms with van der Waals surface area (Å²) in [7, 11) is 1.83. The second-order valence-corrected chi connectivity index (χ2v) is 6.38. The molecule has 0 spiro atoms. The van der Waals surface area contributed by atoms with E-state index >= 15 is 0 Å². The number of aromatic nitrogens is 2. The predicted molar refractivity (Wildman–Crippen MR) is 96.3 cm³/mol. The zero-order chi connectivity index (χ0) is 18.3. The summed E-state index contributed by atoms with van der Waals surface area (Å²) in [6, 6.07) is 13.3. The molecule has 6 heteroatoms. The van der Waals surface area contributed by atoms with Crippen molar-refractivity contribution in [2.24, 2.45) is 7.05 Å². The first kappa shape index (κ1) is 16.2. The van der Waals surface area contributed by atoms with Crippen LogP contribution in [0.2, 0.25) is 0 Å². The van der Waals surface area contributed by atoms with Crippen LogP contribution in [0.4, 0.5) is 0 Å². The summed E-state index contributed by atoms with van der Waals surface area (Å²) in [5, 5.41) is 8.32. The molecule has 26 heavy (non-hydrogen) atoms. The number of carbonyl (C=O) groups excluding carboxylic acids is 1. The number of aryl methyl sites for hydroxylation is 1. The van der Waals surface area contributed by atoms with Crippen molar-refractivity contribution in [3.05, 3.63) is 65.4 Å². The first-order chi connectivity index (χ1) is 12.5. The van der Waals surface area contributed by atoms with E-state index < -0.39 is 0 Å². The SMILES string of the molecule is Cc1ccc(-c2cn(CC(=O)c3ccc4c(c3)OCO4)c(=N)n2C)cc1. The predicted octanol–water partition coefficient (Wildman–Crippen LogP) is 2.89. The lowest BCUT2D eigenvalue weighted by atomic mass is 10.1. The molecule has 0 unspecified atom stereocenters. The number of nitrogens with zero attached hydrogens (tertiary/aromatic N) is 2. The number of fused-ring (bicyclic) bond motifs is 1. The Balaban J connectivity index is 1.62. The molecule has 6 nitrogen and oxygen atoms in total. The highest BCUT2D eigenvalue weighted by molar-refractivity contribution is 5.96. The van der Waals surface area contributed by atoms with E-state index in [9.17, 15) is 4.79 Å². The Labute approximate surface area is 150 Å². The van der Waals surface area contributed by atoms with E-state index in [-0.39, 0.29) is 24.7 Å². The molecule has 0 aliphatic carbocycles. The third-order valence-corrected chi connectivity index (χ3v) is 4.59. The standard InChI is InChI=1S/C20H19N3O3/c1-13-3-5-14(6-4-13)16-10-23(20(21)22(16)2)11-17(24)15-7-8-18-19(9-15)26-12-25-18/h3-10,21H,11-12H2,1-2H3. The molecule has 0 saturated carbocycles. The summed E-state index contributed by atoms with van der Waals surface area (Å²) in [4.78, 5) is 12.7. The Bertz CT molecular complexity index is 1050. The number of benzene rings is 2. The summed E-state index contributed by atoms with van der Waals surface area (Å²) < 4.78 is 14.0. The van der Waals surface area contributed by atoms with Crippen molar-refractivity contribution >= 4 is 5.78 Å². The summed E-state index contributed by atoms with van der Waals surface area (Å²) in [6.45, 7) is 2.31. The molecule has 0 bridgehead atoms. The number of carbonyl (C=O) groups is 1. The van der Waals surface area contributed by atoms with Crippen LogP contribution in [-0.2, 0) is 13.6 Å². The fraction of sp³-hybridized carbons (Fsp3) is 0.200. The molecule has 1 N–H and O–H groups in total. The van der Waals surface area contributed by atoms with Crippen LogP contribution in [0.15, 0.2) is 48.7 Å². The van der Waals surface area contributed by atoms with Gasteiger partial charge in [0.1, 0.15) is 0 Å². The molecule has 0 radical (unpaired) electrons. The van der Waals surface area contributed by atoms with Crippen LogP contribution in [0, 0.1) is 12.3 Å². The van der Waals surface area contributed by atoms with Crippen LogP contribution in [-0.4, -0.2) is 21.7 Å². The van der Waals surface area contributed by atoms with Crippen LogP contribution in [0.5, 0.6) is 11.5 Å². The Hall–Kier alpha value is -3.28. The van der Waals surface area contributed by atoms with E-state index in [2.05, 4.69) is 0 Å². The van der Waals surface area contributed by atoms with E-state index in [1.165, 1.54) is 5.56 Å². The molecular formula is C20H19N3O3. The lowest BCUT2D eigenvalue weighted by Gasteiger charge is -2.04. The number of rotatable bonds is 4. The highest BCUT2D eigenvalue weighted by Gasteiger charge is 2.17. The summed E-state index contributed by atoms with van der Waals surface area (Å²) in [5.74, 6) is 1.15. The normalized spacial score (nSPS) is 12.4. The maximum Gasteiger partial charge on any atom is 0.231 e. The molecular weight excluding hydrogens is 330 g/mol. The third kappa shape index (κ3) is 2.79. The van der Waals surface area contributed by atoms with Crippen molar-refractivity contribution in [1.29, 1.82) is 5.41 Å². The van der Waals surface area contributed by atoms with Crippen LogP contribution < -0.4 is 15.1 Å². The highest BCUT2D eigenvalue weighted by Crippen LogP contribution is 2.32. The average molecular weight is 349 g/mol. The highest BCUT2D eigenvalue weighted by atomic mass is 16.7. The zero-order valence-corrected chi connectivity index (χ0v) is 14.7. The molecule has 1 aliphatic rings. The van der Waals surface area contributed by atoms with Crippen LogP contribution in [0.25, 0.3) is 11.3 Å². The van der Waals surface area contributed by atoms with Crippen LogP contribution in [0.3, 0.4) is 0 Å². The monoisotopic (exact) mass is 349 g/mol. The molecule has 0 atom stereocenters. The number of ketones is 1. The Morgan fingerprint density at radius 3 is 2.62 bits per heavy atom. The molecule has 2 heterocycles. The minimum absolute atomic E-state index is 0.0807. The zero-order valence-electron chi connectivity index (χ0n) is 14.7. The van der Waals surface area contributed by atoms with Crippen molar-refractivity contribution in [2.45, 2.75) is 13.5 Å². The molecule has 0 fully saturated rings. The molecule has 3 aromatic rings. The Kier molecular flexibility index (Phi) is 3.88. The smallest absolute Gasteiger partial charge is 0.231 e. The Morgan fingerprint density at radius 2 is 1.85 bits per heavy atom. The van der Waals surface area contributed by atoms with Gasteiger partial charge in [-0.1, -0.05) is 29.8 Å². The van der Waals surface area contributed by atoms with Gasteiger partial charge < -0.3 is 18.6 Å². The van der Waals surface area contributed by atoms with Crippen molar-refractivity contribution in [3.63, 3.8) is 0 Å². The van der Waals surface area contributed by atoms with Gasteiger partial charge in [-0.2, -0.15) is 0 Å². The number of Topliss-reactive ketones (excluding diaryl/α,β-unsaturated/α-hetero) is 1. The topological polar surface area (TPSA) is 69.2 Å². The largest absolute Gasteiger partial charge is 0.454 e. The minimum Gasteiger partial charge on any atom is -0.454 e. The van der Waals surface area contributed by atoms with Crippen molar-refractivity contribution in [3.8, 4) is 22.8 Å². The van der Waals surface area contributed by atoms with Crippen molar-refractivity contribution < 1.29 is 14.3 Å². The van der Waals surface area contributed by atoms with E-state index in [4.69, 9.17) is 14.9 Å². The molecule has 1 aromatic heterocycles. The minimum atomic E-state index is -0.0807. The second-order valence-electron chi connectivity index (χ2n) is 6.38. The summed E-state index contributed by atoms with van der Waals surface area (Å²) in [5.41, 5.74) is 3.91. The Morgan fingerprint density at radius 1 is 1.12 bits per heavy atom. The molecule has 0 amide bonds. The lowest BCUT2D eigenvalue weighted by Crippen LogP contribution is -2.25. The van der Waals surface area contributed by atoms with Crippen LogP contribution >= 0.6 is 0 Å². The molecule has 0 saturated heterocycles. The molecule has 4 rings (SSSR count). The molecule has 132 valence electrons. The van der Waals surface area contributed by atoms with Gasteiger partial charge in [0.2, 0.25) is 12.4 Å². The number of hydrogen-bond donors (Lipinski definition) is 1. The maximum absolute atomic E-state index is 12.7. The fourth-order valence-corrected chi connectivity index (χ4v) is 3.03. The van der Waals surface area contributed by atoms with Gasteiger partial charge in [-0.3, -0.25) is 10.2 Å².